The number of amides is 1. The number of nitrogens with zero attached hydrogens (tertiary/aromatic N) is 3. The van der Waals surface area contributed by atoms with Gasteiger partial charge in [-0.15, -0.1) is 5.10 Å². The van der Waals surface area contributed by atoms with Crippen LogP contribution < -0.4 is 0 Å². The molecule has 1 amide bonds. The van der Waals surface area contributed by atoms with Crippen molar-refractivity contribution in [1.82, 2.24) is 20.1 Å². The van der Waals surface area contributed by atoms with Crippen molar-refractivity contribution in [1.29, 1.82) is 0 Å². The minimum absolute atomic E-state index is 0.137. The third-order valence-electron chi connectivity index (χ3n) is 3.12. The molecule has 1 saturated heterocycles. The normalized spacial score (nSPS) is 20.6. The second kappa shape index (κ2) is 5.27. The first kappa shape index (κ1) is 12.0. The van der Waals surface area contributed by atoms with E-state index >= 15 is 0 Å². The largest absolute Gasteiger partial charge is 0.396 e. The summed E-state index contributed by atoms with van der Waals surface area (Å²) in [5.41, 5.74) is 0. The highest BCUT2D eigenvalue weighted by molar-refractivity contribution is 5.90. The molecule has 2 rings (SSSR count). The molecule has 2 heterocycles. The van der Waals surface area contributed by atoms with Gasteiger partial charge in [-0.2, -0.15) is 0 Å². The van der Waals surface area contributed by atoms with Crippen LogP contribution in [-0.2, 0) is 6.42 Å². The van der Waals surface area contributed by atoms with E-state index in [2.05, 4.69) is 15.2 Å². The Bertz CT molecular complexity index is 391. The third kappa shape index (κ3) is 2.63. The number of carbonyl (C=O) groups excluding carboxylic acids is 1. The van der Waals surface area contributed by atoms with Crippen LogP contribution in [0.4, 0.5) is 0 Å². The molecule has 0 saturated carbocycles. The number of hydrogen-bond acceptors (Lipinski definition) is 4. The van der Waals surface area contributed by atoms with Crippen molar-refractivity contribution in [3.05, 3.63) is 11.6 Å². The zero-order chi connectivity index (χ0) is 12.3. The van der Waals surface area contributed by atoms with Gasteiger partial charge >= 0.3 is 0 Å². The number of piperidine rings is 1. The summed E-state index contributed by atoms with van der Waals surface area (Å²) in [6.45, 7) is 3.42. The molecule has 0 bridgehead atoms. The Morgan fingerprint density at radius 3 is 3.12 bits per heavy atom. The van der Waals surface area contributed by atoms with Crippen LogP contribution in [0.5, 0.6) is 0 Å². The van der Waals surface area contributed by atoms with Crippen molar-refractivity contribution in [3.63, 3.8) is 0 Å². The summed E-state index contributed by atoms with van der Waals surface area (Å²) in [7, 11) is 0. The van der Waals surface area contributed by atoms with Gasteiger partial charge in [0.2, 0.25) is 5.82 Å². The second-order valence-corrected chi connectivity index (χ2v) is 4.40. The number of aliphatic hydroxyl groups is 1. The van der Waals surface area contributed by atoms with Gasteiger partial charge in [0.15, 0.2) is 0 Å². The quantitative estimate of drug-likeness (QED) is 0.788. The van der Waals surface area contributed by atoms with E-state index in [4.69, 9.17) is 5.11 Å². The Hall–Kier alpha value is -1.43. The van der Waals surface area contributed by atoms with Crippen molar-refractivity contribution in [2.75, 3.05) is 19.7 Å². The van der Waals surface area contributed by atoms with Gasteiger partial charge < -0.3 is 10.0 Å². The fourth-order valence-corrected chi connectivity index (χ4v) is 2.09. The second-order valence-electron chi connectivity index (χ2n) is 4.40. The fourth-order valence-electron chi connectivity index (χ4n) is 2.09. The molecular formula is C11H18N4O2. The maximum atomic E-state index is 12.1. The highest BCUT2D eigenvalue weighted by Gasteiger charge is 2.26. The van der Waals surface area contributed by atoms with E-state index in [1.165, 1.54) is 0 Å². The predicted molar refractivity (Wildman–Crippen MR) is 61.5 cm³/mol. The molecule has 2 N–H and O–H groups in total. The smallest absolute Gasteiger partial charge is 0.293 e. The standard InChI is InChI=1S/C11H18N4O2/c1-2-9-12-10(14-13-9)11(17)15-5-3-4-8(6-15)7-16/h8,16H,2-7H2,1H3,(H,12,13,14). The topological polar surface area (TPSA) is 82.1 Å². The summed E-state index contributed by atoms with van der Waals surface area (Å²) in [6, 6.07) is 0. The van der Waals surface area contributed by atoms with Gasteiger partial charge in [-0.25, -0.2) is 4.98 Å². The molecule has 94 valence electrons. The molecule has 1 atom stereocenters. The SMILES string of the molecule is CCc1nc(C(=O)N2CCCC(CO)C2)n[nH]1. The molecule has 0 aromatic carbocycles. The average Bonchev–Trinajstić information content (AvgIpc) is 2.86. The van der Waals surface area contributed by atoms with Gasteiger partial charge in [-0.05, 0) is 18.8 Å². The molecule has 1 unspecified atom stereocenters. The van der Waals surface area contributed by atoms with Crippen LogP contribution in [0.25, 0.3) is 0 Å². The molecule has 1 aromatic heterocycles. The minimum atomic E-state index is -0.140. The Kier molecular flexibility index (Phi) is 3.73. The lowest BCUT2D eigenvalue weighted by molar-refractivity contribution is 0.0609. The van der Waals surface area contributed by atoms with Crippen LogP contribution in [0.15, 0.2) is 0 Å². The molecular weight excluding hydrogens is 220 g/mol. The van der Waals surface area contributed by atoms with E-state index in [1.54, 1.807) is 4.90 Å². The van der Waals surface area contributed by atoms with Crippen LogP contribution >= 0.6 is 0 Å². The lowest BCUT2D eigenvalue weighted by atomic mass is 9.99. The number of aromatic amines is 1. The van der Waals surface area contributed by atoms with Gasteiger partial charge in [0.1, 0.15) is 5.82 Å². The molecule has 6 nitrogen and oxygen atoms in total. The van der Waals surface area contributed by atoms with Crippen LogP contribution in [0.3, 0.4) is 0 Å². The van der Waals surface area contributed by atoms with Gasteiger partial charge in [0, 0.05) is 26.1 Å². The molecule has 0 aliphatic carbocycles. The maximum Gasteiger partial charge on any atom is 0.293 e. The van der Waals surface area contributed by atoms with E-state index in [9.17, 15) is 4.79 Å². The van der Waals surface area contributed by atoms with Crippen molar-refractivity contribution >= 4 is 5.91 Å². The van der Waals surface area contributed by atoms with E-state index in [-0.39, 0.29) is 24.3 Å². The van der Waals surface area contributed by atoms with E-state index in [1.807, 2.05) is 6.92 Å². The molecule has 1 fully saturated rings. The molecule has 0 radical (unpaired) electrons. The fraction of sp³-hybridized carbons (Fsp3) is 0.727. The number of likely N-dealkylation sites (tertiary alicyclic amines) is 1. The summed E-state index contributed by atoms with van der Waals surface area (Å²) >= 11 is 0. The van der Waals surface area contributed by atoms with Gasteiger partial charge in [-0.3, -0.25) is 9.89 Å². The maximum absolute atomic E-state index is 12.1. The molecule has 17 heavy (non-hydrogen) atoms. The summed E-state index contributed by atoms with van der Waals surface area (Å²) in [5, 5.41) is 15.8. The minimum Gasteiger partial charge on any atom is -0.396 e. The number of hydrogen-bond donors (Lipinski definition) is 2. The number of aryl methyl sites for hydroxylation is 1. The van der Waals surface area contributed by atoms with Crippen molar-refractivity contribution in [2.45, 2.75) is 26.2 Å². The molecule has 6 heteroatoms. The monoisotopic (exact) mass is 238 g/mol. The summed E-state index contributed by atoms with van der Waals surface area (Å²) in [6.07, 6.45) is 2.65. The summed E-state index contributed by atoms with van der Waals surface area (Å²) in [4.78, 5) is 18.0. The first-order valence-electron chi connectivity index (χ1n) is 6.06. The van der Waals surface area contributed by atoms with Crippen LogP contribution in [0.2, 0.25) is 0 Å². The lowest BCUT2D eigenvalue weighted by Crippen LogP contribution is -2.41. The van der Waals surface area contributed by atoms with Crippen LogP contribution in [0.1, 0.15) is 36.2 Å². The predicted octanol–water partition coefficient (Wildman–Crippen LogP) is 0.212. The zero-order valence-electron chi connectivity index (χ0n) is 10.0. The lowest BCUT2D eigenvalue weighted by Gasteiger charge is -2.30. The van der Waals surface area contributed by atoms with E-state index < -0.39 is 0 Å². The van der Waals surface area contributed by atoms with E-state index in [0.29, 0.717) is 6.54 Å². The van der Waals surface area contributed by atoms with Crippen molar-refractivity contribution in [2.24, 2.45) is 5.92 Å². The number of H-pyrrole nitrogens is 1. The Labute approximate surface area is 100 Å². The molecule has 1 aliphatic rings. The zero-order valence-corrected chi connectivity index (χ0v) is 10.0. The van der Waals surface area contributed by atoms with Crippen LogP contribution in [0, 0.1) is 5.92 Å². The molecule has 0 spiro atoms. The highest BCUT2D eigenvalue weighted by atomic mass is 16.3. The highest BCUT2D eigenvalue weighted by Crippen LogP contribution is 2.17. The average molecular weight is 238 g/mol. The first-order valence-corrected chi connectivity index (χ1v) is 6.06. The molecule has 1 aliphatic heterocycles. The summed E-state index contributed by atoms with van der Waals surface area (Å²) in [5.74, 6) is 1.01. The number of carbonyl (C=O) groups is 1. The Morgan fingerprint density at radius 1 is 1.65 bits per heavy atom. The van der Waals surface area contributed by atoms with Gasteiger partial charge in [0.05, 0.1) is 0 Å². The van der Waals surface area contributed by atoms with Gasteiger partial charge in [-0.1, -0.05) is 6.92 Å². The third-order valence-corrected chi connectivity index (χ3v) is 3.12. The number of aliphatic hydroxyl groups excluding tert-OH is 1. The van der Waals surface area contributed by atoms with E-state index in [0.717, 1.165) is 31.6 Å². The summed E-state index contributed by atoms with van der Waals surface area (Å²) < 4.78 is 0. The molecule has 1 aromatic rings. The van der Waals surface area contributed by atoms with Crippen molar-refractivity contribution in [3.8, 4) is 0 Å². The Balaban J connectivity index is 2.03. The number of aromatic nitrogens is 3. The van der Waals surface area contributed by atoms with Crippen molar-refractivity contribution < 1.29 is 9.90 Å². The number of rotatable bonds is 3. The number of nitrogens with one attached hydrogen (secondary N) is 1. The van der Waals surface area contributed by atoms with Crippen LogP contribution in [-0.4, -0.2) is 50.8 Å². The first-order chi connectivity index (χ1) is 8.24. The Morgan fingerprint density at radius 2 is 2.47 bits per heavy atom. The van der Waals surface area contributed by atoms with Gasteiger partial charge in [0.25, 0.3) is 5.91 Å².